The Morgan fingerprint density at radius 1 is 1.29 bits per heavy atom. The van der Waals surface area contributed by atoms with Crippen LogP contribution in [0.3, 0.4) is 0 Å². The van der Waals surface area contributed by atoms with Gasteiger partial charge < -0.3 is 9.52 Å². The van der Waals surface area contributed by atoms with Crippen molar-refractivity contribution in [3.63, 3.8) is 0 Å². The number of rotatable bonds is 4. The number of furan rings is 1. The van der Waals surface area contributed by atoms with E-state index in [1.165, 1.54) is 0 Å². The number of aromatic nitrogens is 2. The van der Waals surface area contributed by atoms with Crippen molar-refractivity contribution in [2.75, 3.05) is 4.72 Å². The number of carboxylic acid groups (broad SMARTS) is 1. The highest BCUT2D eigenvalue weighted by atomic mass is 32.2. The van der Waals surface area contributed by atoms with E-state index < -0.39 is 26.8 Å². The van der Waals surface area contributed by atoms with Crippen LogP contribution in [0.15, 0.2) is 46.0 Å². The van der Waals surface area contributed by atoms with Crippen LogP contribution in [-0.2, 0) is 10.0 Å². The van der Waals surface area contributed by atoms with Crippen LogP contribution in [0.5, 0.6) is 0 Å². The number of carboxylic acids is 1. The molecule has 0 radical (unpaired) electrons. The number of aromatic amines is 1. The Labute approximate surface area is 118 Å². The molecule has 8 nitrogen and oxygen atoms in total. The molecule has 0 atom stereocenters. The van der Waals surface area contributed by atoms with E-state index in [-0.39, 0.29) is 0 Å². The molecular formula is C12H9N3O5S. The summed E-state index contributed by atoms with van der Waals surface area (Å²) in [6.07, 6.45) is 1.61. The van der Waals surface area contributed by atoms with Gasteiger partial charge in [-0.15, -0.1) is 0 Å². The molecule has 0 saturated heterocycles. The van der Waals surface area contributed by atoms with Crippen LogP contribution in [0.25, 0.3) is 10.9 Å². The fourth-order valence-corrected chi connectivity index (χ4v) is 2.77. The number of fused-ring (bicyclic) bond motifs is 1. The number of anilines is 1. The van der Waals surface area contributed by atoms with Crippen LogP contribution in [0.1, 0.15) is 10.6 Å². The molecule has 0 bridgehead atoms. The number of hydrogen-bond donors (Lipinski definition) is 3. The van der Waals surface area contributed by atoms with Crippen LogP contribution in [0, 0.1) is 0 Å². The Bertz CT molecular complexity index is 925. The molecule has 3 rings (SSSR count). The summed E-state index contributed by atoms with van der Waals surface area (Å²) in [4.78, 5) is 10.7. The Hall–Kier alpha value is -2.81. The fraction of sp³-hybridized carbons (Fsp3) is 0. The van der Waals surface area contributed by atoms with E-state index in [0.29, 0.717) is 11.2 Å². The van der Waals surface area contributed by atoms with Crippen molar-refractivity contribution >= 4 is 32.6 Å². The van der Waals surface area contributed by atoms with E-state index in [0.717, 1.165) is 17.5 Å². The van der Waals surface area contributed by atoms with Crippen LogP contribution >= 0.6 is 0 Å². The van der Waals surface area contributed by atoms with Crippen LogP contribution in [0.2, 0.25) is 0 Å². The van der Waals surface area contributed by atoms with Crippen LogP contribution in [-0.4, -0.2) is 29.7 Å². The van der Waals surface area contributed by atoms with E-state index in [2.05, 4.69) is 14.9 Å². The van der Waals surface area contributed by atoms with Gasteiger partial charge in [-0.05, 0) is 30.3 Å². The first-order valence-electron chi connectivity index (χ1n) is 5.75. The van der Waals surface area contributed by atoms with Crippen molar-refractivity contribution in [1.29, 1.82) is 0 Å². The highest BCUT2D eigenvalue weighted by Crippen LogP contribution is 2.21. The molecule has 2 heterocycles. The number of aromatic carboxylic acids is 1. The number of benzene rings is 1. The molecule has 21 heavy (non-hydrogen) atoms. The second kappa shape index (κ2) is 4.63. The van der Waals surface area contributed by atoms with Crippen molar-refractivity contribution in [3.8, 4) is 0 Å². The smallest absolute Gasteiger partial charge is 0.371 e. The zero-order chi connectivity index (χ0) is 15.0. The van der Waals surface area contributed by atoms with Gasteiger partial charge >= 0.3 is 5.97 Å². The molecule has 0 fully saturated rings. The molecule has 1 aromatic carbocycles. The van der Waals surface area contributed by atoms with Crippen LogP contribution in [0.4, 0.5) is 5.69 Å². The largest absolute Gasteiger partial charge is 0.475 e. The Morgan fingerprint density at radius 2 is 2.10 bits per heavy atom. The van der Waals surface area contributed by atoms with Crippen molar-refractivity contribution in [3.05, 3.63) is 42.3 Å². The molecule has 2 aromatic heterocycles. The standard InChI is InChI=1S/C12H9N3O5S/c16-12(17)10-3-4-11(20-10)21(18,19)15-8-2-1-7-6-13-14-9(7)5-8/h1-6,15H,(H,13,14)(H,16,17). The van der Waals surface area contributed by atoms with Crippen molar-refractivity contribution < 1.29 is 22.7 Å². The SMILES string of the molecule is O=C(O)c1ccc(S(=O)(=O)Nc2ccc3cn[nH]c3c2)o1. The first kappa shape index (κ1) is 13.2. The lowest BCUT2D eigenvalue weighted by Crippen LogP contribution is -2.12. The number of H-pyrrole nitrogens is 1. The zero-order valence-electron chi connectivity index (χ0n) is 10.4. The summed E-state index contributed by atoms with van der Waals surface area (Å²) in [6, 6.07) is 6.99. The highest BCUT2D eigenvalue weighted by Gasteiger charge is 2.21. The van der Waals surface area contributed by atoms with Gasteiger partial charge in [0.15, 0.2) is 0 Å². The molecule has 0 aliphatic carbocycles. The topological polar surface area (TPSA) is 125 Å². The lowest BCUT2D eigenvalue weighted by atomic mass is 10.2. The van der Waals surface area contributed by atoms with Gasteiger partial charge in [0.05, 0.1) is 17.4 Å². The second-order valence-electron chi connectivity index (χ2n) is 4.20. The third-order valence-electron chi connectivity index (χ3n) is 2.75. The number of nitrogens with one attached hydrogen (secondary N) is 2. The van der Waals surface area contributed by atoms with Crippen molar-refractivity contribution in [2.24, 2.45) is 0 Å². The number of sulfonamides is 1. The van der Waals surface area contributed by atoms with E-state index in [9.17, 15) is 13.2 Å². The summed E-state index contributed by atoms with van der Waals surface area (Å²) >= 11 is 0. The first-order chi connectivity index (χ1) is 9.95. The minimum Gasteiger partial charge on any atom is -0.475 e. The van der Waals surface area contributed by atoms with E-state index in [4.69, 9.17) is 9.52 Å². The summed E-state index contributed by atoms with van der Waals surface area (Å²) in [5.41, 5.74) is 0.973. The van der Waals surface area contributed by atoms with Gasteiger partial charge in [-0.2, -0.15) is 13.5 Å². The monoisotopic (exact) mass is 307 g/mol. The van der Waals surface area contributed by atoms with E-state index in [1.807, 2.05) is 0 Å². The average molecular weight is 307 g/mol. The van der Waals surface area contributed by atoms with E-state index in [1.54, 1.807) is 24.4 Å². The minimum absolute atomic E-state index is 0.306. The normalized spacial score (nSPS) is 11.6. The predicted octanol–water partition coefficient (Wildman–Crippen LogP) is 1.65. The third-order valence-corrected chi connectivity index (χ3v) is 4.00. The summed E-state index contributed by atoms with van der Waals surface area (Å²) in [7, 11) is -3.99. The molecule has 0 unspecified atom stereocenters. The van der Waals surface area contributed by atoms with Gasteiger partial charge in [0.1, 0.15) is 0 Å². The fourth-order valence-electron chi connectivity index (χ4n) is 1.79. The maximum Gasteiger partial charge on any atom is 0.371 e. The van der Waals surface area contributed by atoms with Gasteiger partial charge in [0.2, 0.25) is 10.9 Å². The van der Waals surface area contributed by atoms with Gasteiger partial charge in [-0.3, -0.25) is 9.82 Å². The lowest BCUT2D eigenvalue weighted by Gasteiger charge is -2.05. The number of nitrogens with zero attached hydrogens (tertiary/aromatic N) is 1. The molecule has 0 saturated carbocycles. The second-order valence-corrected chi connectivity index (χ2v) is 5.81. The van der Waals surface area contributed by atoms with Gasteiger partial charge in [-0.1, -0.05) is 0 Å². The maximum absolute atomic E-state index is 12.1. The molecule has 3 N–H and O–H groups in total. The molecule has 0 amide bonds. The number of hydrogen-bond acceptors (Lipinski definition) is 5. The highest BCUT2D eigenvalue weighted by molar-refractivity contribution is 7.92. The zero-order valence-corrected chi connectivity index (χ0v) is 11.2. The predicted molar refractivity (Wildman–Crippen MR) is 72.6 cm³/mol. The summed E-state index contributed by atoms with van der Waals surface area (Å²) < 4.78 is 31.3. The molecule has 0 spiro atoms. The average Bonchev–Trinajstić information content (AvgIpc) is 3.07. The lowest BCUT2D eigenvalue weighted by molar-refractivity contribution is 0.0656. The Kier molecular flexibility index (Phi) is 2.91. The summed E-state index contributed by atoms with van der Waals surface area (Å²) in [5, 5.41) is 15.6. The van der Waals surface area contributed by atoms with Gasteiger partial charge in [0, 0.05) is 5.39 Å². The Morgan fingerprint density at radius 3 is 2.81 bits per heavy atom. The van der Waals surface area contributed by atoms with Crippen molar-refractivity contribution in [2.45, 2.75) is 5.09 Å². The molecular weight excluding hydrogens is 298 g/mol. The number of carbonyl (C=O) groups is 1. The molecule has 0 aliphatic rings. The van der Waals surface area contributed by atoms with E-state index >= 15 is 0 Å². The Balaban J connectivity index is 1.92. The molecule has 3 aromatic rings. The molecule has 9 heteroatoms. The quantitative estimate of drug-likeness (QED) is 0.673. The molecule has 108 valence electrons. The molecule has 0 aliphatic heterocycles. The maximum atomic E-state index is 12.1. The summed E-state index contributed by atoms with van der Waals surface area (Å²) in [6.45, 7) is 0. The first-order valence-corrected chi connectivity index (χ1v) is 7.23. The van der Waals surface area contributed by atoms with Gasteiger partial charge in [0.25, 0.3) is 10.0 Å². The summed E-state index contributed by atoms with van der Waals surface area (Å²) in [5.74, 6) is -1.78. The van der Waals surface area contributed by atoms with Crippen molar-refractivity contribution in [1.82, 2.24) is 10.2 Å². The minimum atomic E-state index is -3.99. The van der Waals surface area contributed by atoms with Crippen LogP contribution < -0.4 is 4.72 Å². The van der Waals surface area contributed by atoms with Gasteiger partial charge in [-0.25, -0.2) is 4.79 Å². The third kappa shape index (κ3) is 2.46.